The number of aromatic nitrogens is 2. The molecule has 5 rings (SSSR count). The van der Waals surface area contributed by atoms with E-state index in [-0.39, 0.29) is 15.5 Å². The summed E-state index contributed by atoms with van der Waals surface area (Å²) in [5, 5.41) is 7.21. The molecule has 0 unspecified atom stereocenters. The Labute approximate surface area is 209 Å². The Bertz CT molecular complexity index is 1580. The van der Waals surface area contributed by atoms with Crippen molar-refractivity contribution < 1.29 is 13.2 Å². The minimum Gasteiger partial charge on any atom is -0.385 e. The molecule has 0 aliphatic heterocycles. The van der Waals surface area contributed by atoms with Gasteiger partial charge in [0, 0.05) is 23.8 Å². The van der Waals surface area contributed by atoms with Crippen molar-refractivity contribution in [2.45, 2.75) is 17.1 Å². The molecular weight excluding hydrogens is 510 g/mol. The molecule has 0 spiro atoms. The van der Waals surface area contributed by atoms with Crippen molar-refractivity contribution in [2.75, 3.05) is 17.2 Å². The number of rotatable bonds is 7. The second kappa shape index (κ2) is 9.33. The number of carbonyl (C=O) groups excluding carboxylic acids is 1. The molecule has 1 fully saturated rings. The molecule has 0 saturated heterocycles. The number of nitrogens with one attached hydrogen (secondary N) is 3. The molecular formula is C23H20ClN5O4S2. The number of fused-ring (bicyclic) bond motifs is 1. The van der Waals surface area contributed by atoms with E-state index in [0.717, 1.165) is 34.9 Å². The first-order valence-corrected chi connectivity index (χ1v) is 13.4. The highest BCUT2D eigenvalue weighted by molar-refractivity contribution is 7.92. The summed E-state index contributed by atoms with van der Waals surface area (Å²) in [4.78, 5) is 29.4. The maximum absolute atomic E-state index is 13.0. The molecule has 12 heteroatoms. The molecule has 3 N–H and O–H groups in total. The number of sulfonamides is 1. The zero-order valence-corrected chi connectivity index (χ0v) is 20.6. The summed E-state index contributed by atoms with van der Waals surface area (Å²) >= 11 is 6.60. The molecule has 3 aromatic heterocycles. The number of pyridine rings is 2. The van der Waals surface area contributed by atoms with Crippen molar-refractivity contribution >= 4 is 61.1 Å². The fourth-order valence-corrected chi connectivity index (χ4v) is 5.89. The van der Waals surface area contributed by atoms with Crippen LogP contribution in [0.3, 0.4) is 0 Å². The van der Waals surface area contributed by atoms with Gasteiger partial charge in [-0.25, -0.2) is 22.9 Å². The van der Waals surface area contributed by atoms with Crippen LogP contribution in [0.1, 0.15) is 12.8 Å². The third kappa shape index (κ3) is 5.31. The average Bonchev–Trinajstić information content (AvgIpc) is 3.55. The summed E-state index contributed by atoms with van der Waals surface area (Å²) in [6.07, 6.45) is 5.52. The first-order valence-electron chi connectivity index (χ1n) is 10.7. The molecule has 2 amide bonds. The van der Waals surface area contributed by atoms with Crippen LogP contribution < -0.4 is 20.9 Å². The smallest absolute Gasteiger partial charge is 0.333 e. The normalized spacial score (nSPS) is 13.5. The second-order valence-electron chi connectivity index (χ2n) is 8.14. The second-order valence-corrected chi connectivity index (χ2v) is 11.8. The van der Waals surface area contributed by atoms with E-state index >= 15 is 0 Å². The Balaban J connectivity index is 1.29. The van der Waals surface area contributed by atoms with Crippen LogP contribution in [0.2, 0.25) is 4.34 Å². The summed E-state index contributed by atoms with van der Waals surface area (Å²) in [6.45, 7) is 0.944. The lowest BCUT2D eigenvalue weighted by molar-refractivity contribution is 0.256. The highest BCUT2D eigenvalue weighted by atomic mass is 35.5. The molecule has 3 heterocycles. The van der Waals surface area contributed by atoms with E-state index in [1.54, 1.807) is 18.3 Å². The van der Waals surface area contributed by atoms with Gasteiger partial charge in [-0.15, -0.1) is 11.3 Å². The Morgan fingerprint density at radius 3 is 2.60 bits per heavy atom. The highest BCUT2D eigenvalue weighted by Crippen LogP contribution is 2.29. The Morgan fingerprint density at radius 2 is 1.91 bits per heavy atom. The SMILES string of the molecule is O=C(Nc1ccc(-n2ccc3cc(NCC4CC4)ccc3c2=O)nc1)NS(=O)(=O)c1ccc(Cl)s1. The van der Waals surface area contributed by atoms with Gasteiger partial charge >= 0.3 is 6.03 Å². The standard InChI is InChI=1S/C23H20ClN5O4S2/c24-19-6-8-21(34-19)35(32,33)28-23(31)27-17-4-7-20(26-13-17)29-10-9-15-11-16(25-12-14-1-2-14)3-5-18(15)22(29)30/h3-11,13-14,25H,1-2,12H2,(H2,27,28,31). The number of thiophene rings is 1. The topological polar surface area (TPSA) is 122 Å². The molecule has 9 nitrogen and oxygen atoms in total. The van der Waals surface area contributed by atoms with Crippen LogP contribution in [0.25, 0.3) is 16.6 Å². The number of hydrogen-bond acceptors (Lipinski definition) is 7. The molecule has 0 bridgehead atoms. The van der Waals surface area contributed by atoms with E-state index in [9.17, 15) is 18.0 Å². The van der Waals surface area contributed by atoms with E-state index in [2.05, 4.69) is 15.6 Å². The van der Waals surface area contributed by atoms with Gasteiger partial charge in [-0.2, -0.15) is 0 Å². The monoisotopic (exact) mass is 529 g/mol. The number of hydrogen-bond donors (Lipinski definition) is 3. The van der Waals surface area contributed by atoms with Crippen LogP contribution >= 0.6 is 22.9 Å². The molecule has 0 atom stereocenters. The molecule has 1 aromatic carbocycles. The zero-order chi connectivity index (χ0) is 24.6. The third-order valence-electron chi connectivity index (χ3n) is 5.49. The fraction of sp³-hybridized carbons (Fsp3) is 0.174. The van der Waals surface area contributed by atoms with Crippen molar-refractivity contribution in [1.82, 2.24) is 14.3 Å². The number of carbonyl (C=O) groups is 1. The lowest BCUT2D eigenvalue weighted by atomic mass is 10.1. The summed E-state index contributed by atoms with van der Waals surface area (Å²) in [7, 11) is -4.04. The molecule has 4 aromatic rings. The summed E-state index contributed by atoms with van der Waals surface area (Å²) in [6, 6.07) is 12.4. The van der Waals surface area contributed by atoms with Gasteiger partial charge in [0.05, 0.1) is 16.2 Å². The minimum absolute atomic E-state index is 0.0763. The quantitative estimate of drug-likeness (QED) is 0.325. The predicted molar refractivity (Wildman–Crippen MR) is 137 cm³/mol. The van der Waals surface area contributed by atoms with Crippen LogP contribution in [0, 0.1) is 5.92 Å². The fourth-order valence-electron chi connectivity index (χ4n) is 3.50. The lowest BCUT2D eigenvalue weighted by Crippen LogP contribution is -2.34. The molecule has 1 aliphatic carbocycles. The Hall–Kier alpha value is -3.41. The van der Waals surface area contributed by atoms with Crippen LogP contribution in [-0.2, 0) is 10.0 Å². The van der Waals surface area contributed by atoms with Gasteiger partial charge in [0.25, 0.3) is 15.6 Å². The number of halogens is 1. The van der Waals surface area contributed by atoms with Gasteiger partial charge in [0.15, 0.2) is 0 Å². The largest absolute Gasteiger partial charge is 0.385 e. The molecule has 1 aliphatic rings. The van der Waals surface area contributed by atoms with Gasteiger partial charge in [-0.3, -0.25) is 9.36 Å². The van der Waals surface area contributed by atoms with E-state index < -0.39 is 16.1 Å². The average molecular weight is 530 g/mol. The van der Waals surface area contributed by atoms with E-state index in [4.69, 9.17) is 11.6 Å². The van der Waals surface area contributed by atoms with Gasteiger partial charge in [-0.1, -0.05) is 11.6 Å². The van der Waals surface area contributed by atoms with Crippen LogP contribution in [-0.4, -0.2) is 30.5 Å². The molecule has 0 radical (unpaired) electrons. The maximum atomic E-state index is 13.0. The maximum Gasteiger partial charge on any atom is 0.333 e. The van der Waals surface area contributed by atoms with Crippen molar-refractivity contribution in [3.63, 3.8) is 0 Å². The summed E-state index contributed by atoms with van der Waals surface area (Å²) in [5.74, 6) is 1.11. The lowest BCUT2D eigenvalue weighted by Gasteiger charge is -2.10. The van der Waals surface area contributed by atoms with Gasteiger partial charge in [0.2, 0.25) is 0 Å². The molecule has 1 saturated carbocycles. The van der Waals surface area contributed by atoms with Gasteiger partial charge in [-0.05, 0) is 72.7 Å². The Kier molecular flexibility index (Phi) is 6.22. The number of benzene rings is 1. The van der Waals surface area contributed by atoms with E-state index in [0.29, 0.717) is 15.5 Å². The van der Waals surface area contributed by atoms with E-state index in [1.807, 2.05) is 22.9 Å². The van der Waals surface area contributed by atoms with Crippen molar-refractivity contribution in [3.05, 3.63) is 75.6 Å². The zero-order valence-electron chi connectivity index (χ0n) is 18.2. The number of amides is 2. The van der Waals surface area contributed by atoms with Crippen LogP contribution in [0.15, 0.2) is 69.9 Å². The van der Waals surface area contributed by atoms with Crippen LogP contribution in [0.4, 0.5) is 16.2 Å². The predicted octanol–water partition coefficient (Wildman–Crippen LogP) is 4.43. The first kappa shape index (κ1) is 23.3. The van der Waals surface area contributed by atoms with Crippen LogP contribution in [0.5, 0.6) is 0 Å². The van der Waals surface area contributed by atoms with Crippen molar-refractivity contribution in [3.8, 4) is 5.82 Å². The number of anilines is 2. The summed E-state index contributed by atoms with van der Waals surface area (Å²) in [5.41, 5.74) is 1.02. The number of urea groups is 1. The first-order chi connectivity index (χ1) is 16.8. The molecule has 35 heavy (non-hydrogen) atoms. The number of nitrogens with zero attached hydrogens (tertiary/aromatic N) is 2. The van der Waals surface area contributed by atoms with Gasteiger partial charge in [0.1, 0.15) is 10.0 Å². The third-order valence-corrected chi connectivity index (χ3v) is 8.54. The highest BCUT2D eigenvalue weighted by Gasteiger charge is 2.21. The van der Waals surface area contributed by atoms with Gasteiger partial charge < -0.3 is 10.6 Å². The van der Waals surface area contributed by atoms with Crippen molar-refractivity contribution in [2.24, 2.45) is 5.92 Å². The van der Waals surface area contributed by atoms with E-state index in [1.165, 1.54) is 41.8 Å². The molecule has 180 valence electrons. The summed E-state index contributed by atoms with van der Waals surface area (Å²) < 4.78 is 28.0. The van der Waals surface area contributed by atoms with Crippen molar-refractivity contribution in [1.29, 1.82) is 0 Å². The Morgan fingerprint density at radius 1 is 1.11 bits per heavy atom. The minimum atomic E-state index is -4.04.